The summed E-state index contributed by atoms with van der Waals surface area (Å²) in [6, 6.07) is 0. The zero-order valence-corrected chi connectivity index (χ0v) is 7.94. The van der Waals surface area contributed by atoms with Gasteiger partial charge in [0.2, 0.25) is 0 Å². The largest absolute Gasteiger partial charge is 0.403 e. The van der Waals surface area contributed by atoms with E-state index < -0.39 is 0 Å². The molecule has 11 heavy (non-hydrogen) atoms. The highest BCUT2D eigenvalue weighted by atomic mass is 32.1. The first-order valence-corrected chi connectivity index (χ1v) is 3.71. The lowest BCUT2D eigenvalue weighted by atomic mass is 10.4. The number of allylic oxidation sites excluding steroid dienone is 1. The summed E-state index contributed by atoms with van der Waals surface area (Å²) in [6.45, 7) is 7.50. The zero-order chi connectivity index (χ0) is 9.11. The van der Waals surface area contributed by atoms with Crippen molar-refractivity contribution in [3.05, 3.63) is 36.2 Å². The SMILES string of the molecule is C=C(C)C.N/C=C\N/C=C\S. The molecule has 0 bridgehead atoms. The Morgan fingerprint density at radius 1 is 1.45 bits per heavy atom. The van der Waals surface area contributed by atoms with E-state index in [0.717, 1.165) is 0 Å². The van der Waals surface area contributed by atoms with Crippen molar-refractivity contribution in [2.45, 2.75) is 13.8 Å². The first-order chi connectivity index (χ1) is 5.15. The van der Waals surface area contributed by atoms with E-state index in [1.807, 2.05) is 13.8 Å². The van der Waals surface area contributed by atoms with Crippen LogP contribution in [0.4, 0.5) is 0 Å². The van der Waals surface area contributed by atoms with Crippen LogP contribution in [0, 0.1) is 0 Å². The second kappa shape index (κ2) is 11.9. The van der Waals surface area contributed by atoms with Crippen LogP contribution in [0.1, 0.15) is 13.8 Å². The van der Waals surface area contributed by atoms with Gasteiger partial charge in [0.25, 0.3) is 0 Å². The van der Waals surface area contributed by atoms with E-state index in [1.54, 1.807) is 17.8 Å². The molecule has 0 saturated carbocycles. The average molecular weight is 172 g/mol. The molecule has 3 heteroatoms. The highest BCUT2D eigenvalue weighted by molar-refractivity contribution is 7.83. The van der Waals surface area contributed by atoms with E-state index in [1.165, 1.54) is 11.8 Å². The Hall–Kier alpha value is -0.830. The molecule has 0 unspecified atom stereocenters. The number of nitrogens with two attached hydrogens (primary N) is 1. The summed E-state index contributed by atoms with van der Waals surface area (Å²) >= 11 is 3.78. The third-order valence-electron chi connectivity index (χ3n) is 0.363. The molecule has 0 rings (SSSR count). The zero-order valence-electron chi connectivity index (χ0n) is 7.04. The summed E-state index contributed by atoms with van der Waals surface area (Å²) in [5.41, 5.74) is 6.13. The molecule has 0 atom stereocenters. The van der Waals surface area contributed by atoms with Crippen molar-refractivity contribution in [1.29, 1.82) is 0 Å². The molecule has 0 saturated heterocycles. The van der Waals surface area contributed by atoms with E-state index in [0.29, 0.717) is 0 Å². The van der Waals surface area contributed by atoms with E-state index in [2.05, 4.69) is 24.5 Å². The van der Waals surface area contributed by atoms with Gasteiger partial charge >= 0.3 is 0 Å². The summed E-state index contributed by atoms with van der Waals surface area (Å²) in [6.07, 6.45) is 4.67. The lowest BCUT2D eigenvalue weighted by Gasteiger charge is -1.81. The van der Waals surface area contributed by atoms with Crippen LogP contribution in [0.3, 0.4) is 0 Å². The van der Waals surface area contributed by atoms with Gasteiger partial charge in [-0.05, 0) is 19.3 Å². The van der Waals surface area contributed by atoms with Crippen molar-refractivity contribution in [2.24, 2.45) is 5.73 Å². The van der Waals surface area contributed by atoms with Crippen LogP contribution < -0.4 is 11.1 Å². The van der Waals surface area contributed by atoms with Crippen LogP contribution in [0.5, 0.6) is 0 Å². The van der Waals surface area contributed by atoms with Gasteiger partial charge < -0.3 is 11.1 Å². The van der Waals surface area contributed by atoms with Gasteiger partial charge in [-0.1, -0.05) is 5.57 Å². The number of nitrogens with one attached hydrogen (secondary N) is 1. The minimum absolute atomic E-state index is 1.17. The minimum Gasteiger partial charge on any atom is -0.403 e. The number of hydrogen-bond acceptors (Lipinski definition) is 3. The monoisotopic (exact) mass is 172 g/mol. The molecule has 0 fully saturated rings. The van der Waals surface area contributed by atoms with Gasteiger partial charge in [0.15, 0.2) is 0 Å². The predicted octanol–water partition coefficient (Wildman–Crippen LogP) is 1.99. The summed E-state index contributed by atoms with van der Waals surface area (Å²) < 4.78 is 0. The van der Waals surface area contributed by atoms with Crippen LogP contribution >= 0.6 is 12.6 Å². The molecular weight excluding hydrogens is 156 g/mol. The maximum absolute atomic E-state index is 4.97. The Balaban J connectivity index is 0. The molecular formula is C8H16N2S. The molecule has 0 aliphatic rings. The first-order valence-electron chi connectivity index (χ1n) is 3.19. The third-order valence-corrected chi connectivity index (χ3v) is 0.512. The standard InChI is InChI=1S/C4H8N2S.C4H8/c5-1-2-6-3-4-7;1-4(2)3/h1-4,6-7H,5H2;1H2,2-3H3/b2-1-,4-3-;. The van der Waals surface area contributed by atoms with Gasteiger partial charge in [0.05, 0.1) is 0 Å². The van der Waals surface area contributed by atoms with Crippen LogP contribution in [0.25, 0.3) is 0 Å². The van der Waals surface area contributed by atoms with Crippen molar-refractivity contribution >= 4 is 12.6 Å². The molecule has 64 valence electrons. The van der Waals surface area contributed by atoms with E-state index in [-0.39, 0.29) is 0 Å². The van der Waals surface area contributed by atoms with E-state index in [9.17, 15) is 0 Å². The summed E-state index contributed by atoms with van der Waals surface area (Å²) in [5, 5.41) is 4.31. The van der Waals surface area contributed by atoms with Gasteiger partial charge in [-0.25, -0.2) is 0 Å². The second-order valence-corrected chi connectivity index (χ2v) is 2.35. The highest BCUT2D eigenvalue weighted by Crippen LogP contribution is 1.73. The van der Waals surface area contributed by atoms with Crippen molar-refractivity contribution < 1.29 is 0 Å². The lowest BCUT2D eigenvalue weighted by Crippen LogP contribution is -1.92. The molecule has 0 radical (unpaired) electrons. The molecule has 0 spiro atoms. The quantitative estimate of drug-likeness (QED) is 0.440. The van der Waals surface area contributed by atoms with Crippen molar-refractivity contribution in [3.8, 4) is 0 Å². The summed E-state index contributed by atoms with van der Waals surface area (Å²) in [5.74, 6) is 0. The lowest BCUT2D eigenvalue weighted by molar-refractivity contribution is 1.19. The van der Waals surface area contributed by atoms with Crippen LogP contribution in [-0.4, -0.2) is 0 Å². The smallest absolute Gasteiger partial charge is 0.0162 e. The first kappa shape index (κ1) is 12.8. The topological polar surface area (TPSA) is 38.0 Å². The van der Waals surface area contributed by atoms with Gasteiger partial charge in [-0.3, -0.25) is 0 Å². The van der Waals surface area contributed by atoms with Crippen LogP contribution in [0.2, 0.25) is 0 Å². The highest BCUT2D eigenvalue weighted by Gasteiger charge is 1.56. The van der Waals surface area contributed by atoms with Crippen molar-refractivity contribution in [2.75, 3.05) is 0 Å². The number of thiol groups is 1. The average Bonchev–Trinajstić information content (AvgIpc) is 1.88. The Labute approximate surface area is 74.3 Å². The minimum atomic E-state index is 1.17. The third kappa shape index (κ3) is 46.9. The van der Waals surface area contributed by atoms with Gasteiger partial charge in [-0.15, -0.1) is 19.2 Å². The Kier molecular flexibility index (Phi) is 13.9. The van der Waals surface area contributed by atoms with Crippen LogP contribution in [0.15, 0.2) is 36.2 Å². The maximum Gasteiger partial charge on any atom is 0.0162 e. The normalized spacial score (nSPS) is 9.36. The Bertz CT molecular complexity index is 125. The van der Waals surface area contributed by atoms with Crippen LogP contribution in [-0.2, 0) is 0 Å². The van der Waals surface area contributed by atoms with Gasteiger partial charge in [0.1, 0.15) is 0 Å². The van der Waals surface area contributed by atoms with Gasteiger partial charge in [-0.2, -0.15) is 0 Å². The van der Waals surface area contributed by atoms with E-state index in [4.69, 9.17) is 5.73 Å². The van der Waals surface area contributed by atoms with Crippen molar-refractivity contribution in [3.63, 3.8) is 0 Å². The molecule has 0 aromatic heterocycles. The fourth-order valence-corrected chi connectivity index (χ4v) is 0.240. The van der Waals surface area contributed by atoms with E-state index >= 15 is 0 Å². The molecule has 0 aromatic carbocycles. The molecule has 2 nitrogen and oxygen atoms in total. The fraction of sp³-hybridized carbons (Fsp3) is 0.250. The predicted molar refractivity (Wildman–Crippen MR) is 55.1 cm³/mol. The Morgan fingerprint density at radius 3 is 2.18 bits per heavy atom. The molecule has 0 heterocycles. The second-order valence-electron chi connectivity index (χ2n) is 2.05. The number of hydrogen-bond donors (Lipinski definition) is 3. The number of rotatable bonds is 2. The molecule has 3 N–H and O–H groups in total. The fourth-order valence-electron chi connectivity index (χ4n) is 0.154. The maximum atomic E-state index is 4.97. The summed E-state index contributed by atoms with van der Waals surface area (Å²) in [4.78, 5) is 0. The van der Waals surface area contributed by atoms with Gasteiger partial charge in [0, 0.05) is 18.6 Å². The molecule has 0 aliphatic heterocycles. The molecule has 0 aliphatic carbocycles. The van der Waals surface area contributed by atoms with Crippen molar-refractivity contribution in [1.82, 2.24) is 5.32 Å². The molecule has 0 aromatic rings. The molecule has 0 amide bonds. The summed E-state index contributed by atoms with van der Waals surface area (Å²) in [7, 11) is 0. The Morgan fingerprint density at radius 2 is 1.91 bits per heavy atom.